The van der Waals surface area contributed by atoms with Crippen molar-refractivity contribution in [3.63, 3.8) is 0 Å². The SMILES string of the molecule is COc1ccc2ccnc(NC3CCCC3CCl)c2c1. The smallest absolute Gasteiger partial charge is 0.134 e. The number of benzene rings is 1. The largest absolute Gasteiger partial charge is 0.497 e. The Morgan fingerprint density at radius 2 is 2.25 bits per heavy atom. The molecule has 4 heteroatoms. The van der Waals surface area contributed by atoms with E-state index in [0.717, 1.165) is 17.0 Å². The van der Waals surface area contributed by atoms with Gasteiger partial charge in [-0.2, -0.15) is 0 Å². The zero-order valence-corrected chi connectivity index (χ0v) is 12.4. The number of rotatable bonds is 4. The maximum Gasteiger partial charge on any atom is 0.134 e. The molecule has 1 fully saturated rings. The average molecular weight is 291 g/mol. The number of aromatic nitrogens is 1. The molecular weight excluding hydrogens is 272 g/mol. The Balaban J connectivity index is 1.94. The van der Waals surface area contributed by atoms with Gasteiger partial charge < -0.3 is 10.1 Å². The second-order valence-corrected chi connectivity index (χ2v) is 5.65. The minimum atomic E-state index is 0.428. The normalized spacial score (nSPS) is 22.1. The average Bonchev–Trinajstić information content (AvgIpc) is 2.94. The first-order valence-corrected chi connectivity index (χ1v) is 7.60. The van der Waals surface area contributed by atoms with Crippen LogP contribution in [-0.4, -0.2) is 24.0 Å². The summed E-state index contributed by atoms with van der Waals surface area (Å²) in [6, 6.07) is 8.53. The van der Waals surface area contributed by atoms with Crippen molar-refractivity contribution < 1.29 is 4.74 Å². The van der Waals surface area contributed by atoms with Crippen molar-refractivity contribution in [3.8, 4) is 5.75 Å². The summed E-state index contributed by atoms with van der Waals surface area (Å²) < 4.78 is 5.31. The molecule has 1 heterocycles. The van der Waals surface area contributed by atoms with Crippen LogP contribution in [-0.2, 0) is 0 Å². The third-order valence-corrected chi connectivity index (χ3v) is 4.55. The van der Waals surface area contributed by atoms with E-state index < -0.39 is 0 Å². The first-order valence-electron chi connectivity index (χ1n) is 7.07. The molecule has 0 saturated heterocycles. The van der Waals surface area contributed by atoms with Crippen LogP contribution >= 0.6 is 11.6 Å². The van der Waals surface area contributed by atoms with Gasteiger partial charge in [-0.05, 0) is 42.3 Å². The van der Waals surface area contributed by atoms with Crippen molar-refractivity contribution in [3.05, 3.63) is 30.5 Å². The Bertz CT molecular complexity index is 602. The van der Waals surface area contributed by atoms with E-state index in [-0.39, 0.29) is 0 Å². The van der Waals surface area contributed by atoms with Gasteiger partial charge in [-0.3, -0.25) is 0 Å². The lowest BCUT2D eigenvalue weighted by Crippen LogP contribution is -2.25. The molecule has 106 valence electrons. The first kappa shape index (κ1) is 13.5. The van der Waals surface area contributed by atoms with Gasteiger partial charge in [-0.25, -0.2) is 4.98 Å². The van der Waals surface area contributed by atoms with Gasteiger partial charge in [0.2, 0.25) is 0 Å². The molecule has 0 amide bonds. The Morgan fingerprint density at radius 1 is 1.35 bits per heavy atom. The standard InChI is InChI=1S/C16H19ClN2O/c1-20-13-6-5-11-7-8-18-16(14(11)9-13)19-15-4-2-3-12(15)10-17/h5-9,12,15H,2-4,10H2,1H3,(H,18,19). The van der Waals surface area contributed by atoms with Gasteiger partial charge in [0.1, 0.15) is 11.6 Å². The molecule has 1 aromatic heterocycles. The number of hydrogen-bond donors (Lipinski definition) is 1. The summed E-state index contributed by atoms with van der Waals surface area (Å²) in [5.74, 6) is 3.04. The number of nitrogens with one attached hydrogen (secondary N) is 1. The summed E-state index contributed by atoms with van der Waals surface area (Å²) in [5, 5.41) is 5.86. The Hall–Kier alpha value is -1.48. The highest BCUT2D eigenvalue weighted by Gasteiger charge is 2.26. The highest BCUT2D eigenvalue weighted by Crippen LogP contribution is 2.32. The monoisotopic (exact) mass is 290 g/mol. The maximum absolute atomic E-state index is 6.05. The maximum atomic E-state index is 6.05. The summed E-state index contributed by atoms with van der Waals surface area (Å²) in [6.45, 7) is 0. The fourth-order valence-electron chi connectivity index (χ4n) is 2.98. The van der Waals surface area contributed by atoms with Crippen LogP contribution in [0.2, 0.25) is 0 Å². The molecule has 2 aromatic rings. The van der Waals surface area contributed by atoms with Crippen molar-refractivity contribution in [2.75, 3.05) is 18.3 Å². The van der Waals surface area contributed by atoms with E-state index in [4.69, 9.17) is 16.3 Å². The van der Waals surface area contributed by atoms with Crippen molar-refractivity contribution in [1.29, 1.82) is 0 Å². The van der Waals surface area contributed by atoms with E-state index in [1.54, 1.807) is 7.11 Å². The van der Waals surface area contributed by atoms with Crippen LogP contribution in [0.25, 0.3) is 10.8 Å². The number of hydrogen-bond acceptors (Lipinski definition) is 3. The van der Waals surface area contributed by atoms with E-state index in [9.17, 15) is 0 Å². The van der Waals surface area contributed by atoms with Crippen molar-refractivity contribution in [1.82, 2.24) is 4.98 Å². The minimum Gasteiger partial charge on any atom is -0.497 e. The molecule has 1 aliphatic rings. The third-order valence-electron chi connectivity index (χ3n) is 4.15. The number of fused-ring (bicyclic) bond motifs is 1. The molecule has 2 atom stereocenters. The number of anilines is 1. The molecule has 0 bridgehead atoms. The molecule has 1 aliphatic carbocycles. The van der Waals surface area contributed by atoms with E-state index in [2.05, 4.69) is 16.4 Å². The number of methoxy groups -OCH3 is 1. The van der Waals surface area contributed by atoms with E-state index in [1.165, 1.54) is 24.6 Å². The van der Waals surface area contributed by atoms with E-state index in [1.807, 2.05) is 24.4 Å². The van der Waals surface area contributed by atoms with Crippen LogP contribution in [0.15, 0.2) is 30.5 Å². The number of ether oxygens (including phenoxy) is 1. The molecule has 0 spiro atoms. The molecule has 0 radical (unpaired) electrons. The second kappa shape index (κ2) is 5.88. The quantitative estimate of drug-likeness (QED) is 0.862. The summed E-state index contributed by atoms with van der Waals surface area (Å²) in [4.78, 5) is 4.50. The Kier molecular flexibility index (Phi) is 3.97. The summed E-state index contributed by atoms with van der Waals surface area (Å²) in [7, 11) is 1.69. The lowest BCUT2D eigenvalue weighted by molar-refractivity contribution is 0.415. The summed E-state index contributed by atoms with van der Waals surface area (Å²) >= 11 is 6.05. The molecule has 0 aliphatic heterocycles. The molecule has 2 unspecified atom stereocenters. The lowest BCUT2D eigenvalue weighted by atomic mass is 10.1. The number of halogens is 1. The van der Waals surface area contributed by atoms with Gasteiger partial charge in [-0.1, -0.05) is 12.5 Å². The van der Waals surface area contributed by atoms with Crippen LogP contribution in [0.1, 0.15) is 19.3 Å². The zero-order valence-electron chi connectivity index (χ0n) is 11.6. The minimum absolute atomic E-state index is 0.428. The van der Waals surface area contributed by atoms with E-state index in [0.29, 0.717) is 17.8 Å². The molecular formula is C16H19ClN2O. The van der Waals surface area contributed by atoms with Gasteiger partial charge in [-0.15, -0.1) is 11.6 Å². The predicted molar refractivity (Wildman–Crippen MR) is 83.8 cm³/mol. The van der Waals surface area contributed by atoms with Crippen LogP contribution < -0.4 is 10.1 Å². The summed E-state index contributed by atoms with van der Waals surface area (Å²) in [5.41, 5.74) is 0. The highest BCUT2D eigenvalue weighted by molar-refractivity contribution is 6.18. The number of pyridine rings is 1. The van der Waals surface area contributed by atoms with Crippen molar-refractivity contribution in [2.24, 2.45) is 5.92 Å². The molecule has 3 nitrogen and oxygen atoms in total. The third kappa shape index (κ3) is 2.55. The predicted octanol–water partition coefficient (Wildman–Crippen LogP) is 4.06. The number of alkyl halides is 1. The fourth-order valence-corrected chi connectivity index (χ4v) is 3.35. The van der Waals surface area contributed by atoms with Crippen molar-refractivity contribution >= 4 is 28.2 Å². The topological polar surface area (TPSA) is 34.1 Å². The summed E-state index contributed by atoms with van der Waals surface area (Å²) in [6.07, 6.45) is 5.46. The van der Waals surface area contributed by atoms with Gasteiger partial charge in [0, 0.05) is 23.5 Å². The van der Waals surface area contributed by atoms with E-state index >= 15 is 0 Å². The lowest BCUT2D eigenvalue weighted by Gasteiger charge is -2.20. The first-order chi connectivity index (χ1) is 9.81. The van der Waals surface area contributed by atoms with Crippen LogP contribution in [0.4, 0.5) is 5.82 Å². The zero-order chi connectivity index (χ0) is 13.9. The Morgan fingerprint density at radius 3 is 3.05 bits per heavy atom. The van der Waals surface area contributed by atoms with Crippen LogP contribution in [0.3, 0.4) is 0 Å². The molecule has 1 N–H and O–H groups in total. The second-order valence-electron chi connectivity index (χ2n) is 5.34. The molecule has 20 heavy (non-hydrogen) atoms. The molecule has 3 rings (SSSR count). The highest BCUT2D eigenvalue weighted by atomic mass is 35.5. The van der Waals surface area contributed by atoms with Gasteiger partial charge in [0.15, 0.2) is 0 Å². The molecule has 1 aromatic carbocycles. The van der Waals surface area contributed by atoms with Crippen LogP contribution in [0.5, 0.6) is 5.75 Å². The Labute approximate surface area is 124 Å². The molecule has 1 saturated carbocycles. The fraction of sp³-hybridized carbons (Fsp3) is 0.438. The van der Waals surface area contributed by atoms with Gasteiger partial charge >= 0.3 is 0 Å². The van der Waals surface area contributed by atoms with Gasteiger partial charge in [0.25, 0.3) is 0 Å². The van der Waals surface area contributed by atoms with Crippen molar-refractivity contribution in [2.45, 2.75) is 25.3 Å². The van der Waals surface area contributed by atoms with Crippen LogP contribution in [0, 0.1) is 5.92 Å². The van der Waals surface area contributed by atoms with Gasteiger partial charge in [0.05, 0.1) is 7.11 Å². The number of nitrogens with zero attached hydrogens (tertiary/aromatic N) is 1.